The summed E-state index contributed by atoms with van der Waals surface area (Å²) < 4.78 is 31.8. The van der Waals surface area contributed by atoms with Crippen LogP contribution in [-0.2, 0) is 4.79 Å². The van der Waals surface area contributed by atoms with Gasteiger partial charge in [-0.3, -0.25) is 4.79 Å². The van der Waals surface area contributed by atoms with Crippen molar-refractivity contribution in [3.05, 3.63) is 29.8 Å². The molecule has 0 saturated heterocycles. The number of carbonyl (C=O) groups excluding carboxylic acids is 1. The maximum absolute atomic E-state index is 13.2. The number of primary amides is 1. The number of halogens is 2. The Morgan fingerprint density at radius 3 is 2.86 bits per heavy atom. The largest absolute Gasteiger partial charge is 0.490 e. The number of ether oxygens (including phenoxy) is 1. The van der Waals surface area contributed by atoms with Gasteiger partial charge in [-0.25, -0.2) is 8.78 Å². The average molecular weight is 298 g/mol. The van der Waals surface area contributed by atoms with Crippen LogP contribution >= 0.6 is 0 Å². The molecule has 1 fully saturated rings. The number of carbonyl (C=O) groups is 1. The highest BCUT2D eigenvalue weighted by atomic mass is 19.2. The number of hydrogen-bond donors (Lipinski definition) is 2. The van der Waals surface area contributed by atoms with Crippen molar-refractivity contribution in [1.29, 1.82) is 0 Å². The summed E-state index contributed by atoms with van der Waals surface area (Å²) in [5.74, 6) is -2.00. The zero-order valence-corrected chi connectivity index (χ0v) is 12.0. The van der Waals surface area contributed by atoms with E-state index < -0.39 is 23.1 Å². The van der Waals surface area contributed by atoms with Crippen molar-refractivity contribution in [1.82, 2.24) is 5.32 Å². The van der Waals surface area contributed by atoms with Gasteiger partial charge in [-0.05, 0) is 37.9 Å². The van der Waals surface area contributed by atoms with Crippen LogP contribution in [0.2, 0.25) is 0 Å². The van der Waals surface area contributed by atoms with Crippen molar-refractivity contribution in [3.63, 3.8) is 0 Å². The maximum Gasteiger partial charge on any atom is 0.237 e. The summed E-state index contributed by atoms with van der Waals surface area (Å²) in [5.41, 5.74) is 4.74. The van der Waals surface area contributed by atoms with E-state index >= 15 is 0 Å². The van der Waals surface area contributed by atoms with E-state index in [0.29, 0.717) is 19.4 Å². The van der Waals surface area contributed by atoms with Gasteiger partial charge >= 0.3 is 0 Å². The van der Waals surface area contributed by atoms with Crippen LogP contribution in [0, 0.1) is 11.6 Å². The van der Waals surface area contributed by atoms with Gasteiger partial charge in [0.25, 0.3) is 0 Å². The van der Waals surface area contributed by atoms with Crippen LogP contribution < -0.4 is 15.8 Å². The van der Waals surface area contributed by atoms with Crippen LogP contribution in [-0.4, -0.2) is 24.1 Å². The van der Waals surface area contributed by atoms with Gasteiger partial charge in [-0.2, -0.15) is 0 Å². The van der Waals surface area contributed by atoms with Crippen LogP contribution in [0.5, 0.6) is 5.75 Å². The third kappa shape index (κ3) is 3.50. The van der Waals surface area contributed by atoms with Crippen LogP contribution in [0.15, 0.2) is 18.2 Å². The molecule has 0 radical (unpaired) electrons. The van der Waals surface area contributed by atoms with Gasteiger partial charge in [0.15, 0.2) is 11.6 Å². The molecule has 0 aromatic heterocycles. The highest BCUT2D eigenvalue weighted by molar-refractivity contribution is 5.84. The Morgan fingerprint density at radius 1 is 1.48 bits per heavy atom. The van der Waals surface area contributed by atoms with Crippen molar-refractivity contribution in [2.24, 2.45) is 5.73 Å². The van der Waals surface area contributed by atoms with Crippen molar-refractivity contribution < 1.29 is 18.3 Å². The minimum absolute atomic E-state index is 0.254. The number of hydrogen-bond acceptors (Lipinski definition) is 3. The number of rotatable bonds is 5. The minimum atomic E-state index is -0.948. The van der Waals surface area contributed by atoms with Gasteiger partial charge in [0.2, 0.25) is 5.91 Å². The first-order valence-corrected chi connectivity index (χ1v) is 7.13. The van der Waals surface area contributed by atoms with Gasteiger partial charge in [0.05, 0.1) is 0 Å². The zero-order valence-electron chi connectivity index (χ0n) is 12.0. The lowest BCUT2D eigenvalue weighted by Crippen LogP contribution is -2.59. The Bertz CT molecular complexity index is 520. The fourth-order valence-corrected chi connectivity index (χ4v) is 2.88. The fourth-order valence-electron chi connectivity index (χ4n) is 2.88. The van der Waals surface area contributed by atoms with Gasteiger partial charge in [0, 0.05) is 12.5 Å². The first-order chi connectivity index (χ1) is 9.97. The van der Waals surface area contributed by atoms with E-state index in [1.165, 1.54) is 6.07 Å². The van der Waals surface area contributed by atoms with Crippen molar-refractivity contribution in [2.45, 2.75) is 44.2 Å². The molecule has 116 valence electrons. The van der Waals surface area contributed by atoms with Crippen molar-refractivity contribution in [2.75, 3.05) is 6.54 Å². The third-order valence-corrected chi connectivity index (χ3v) is 3.89. The van der Waals surface area contributed by atoms with Gasteiger partial charge < -0.3 is 15.8 Å². The summed E-state index contributed by atoms with van der Waals surface area (Å²) in [6, 6.07) is 3.43. The van der Waals surface area contributed by atoms with E-state index in [1.807, 2.05) is 6.92 Å². The van der Waals surface area contributed by atoms with E-state index in [1.54, 1.807) is 0 Å². The Labute approximate surface area is 122 Å². The third-order valence-electron chi connectivity index (χ3n) is 3.89. The molecule has 0 bridgehead atoms. The highest BCUT2D eigenvalue weighted by Crippen LogP contribution is 2.31. The zero-order chi connectivity index (χ0) is 15.5. The lowest BCUT2D eigenvalue weighted by atomic mass is 9.79. The summed E-state index contributed by atoms with van der Waals surface area (Å²) in [5, 5.41) is 3.15. The Balaban J connectivity index is 2.09. The SMILES string of the molecule is CCNC1(C(N)=O)CCCC(Oc2ccc(F)c(F)c2)C1. The van der Waals surface area contributed by atoms with E-state index in [2.05, 4.69) is 5.32 Å². The normalized spacial score (nSPS) is 25.6. The fraction of sp³-hybridized carbons (Fsp3) is 0.533. The minimum Gasteiger partial charge on any atom is -0.490 e. The number of amides is 1. The molecule has 4 nitrogen and oxygen atoms in total. The molecule has 1 aromatic rings. The van der Waals surface area contributed by atoms with Gasteiger partial charge in [-0.15, -0.1) is 0 Å². The Morgan fingerprint density at radius 2 is 2.24 bits per heavy atom. The first-order valence-electron chi connectivity index (χ1n) is 7.13. The number of benzene rings is 1. The number of nitrogens with two attached hydrogens (primary N) is 1. The molecule has 0 aliphatic heterocycles. The molecule has 2 rings (SSSR count). The molecule has 21 heavy (non-hydrogen) atoms. The molecule has 1 aliphatic carbocycles. The monoisotopic (exact) mass is 298 g/mol. The van der Waals surface area contributed by atoms with Gasteiger partial charge in [0.1, 0.15) is 17.4 Å². The van der Waals surface area contributed by atoms with Crippen LogP contribution in [0.25, 0.3) is 0 Å². The van der Waals surface area contributed by atoms with E-state index in [4.69, 9.17) is 10.5 Å². The quantitative estimate of drug-likeness (QED) is 0.875. The topological polar surface area (TPSA) is 64.3 Å². The molecule has 1 aromatic carbocycles. The summed E-state index contributed by atoms with van der Waals surface area (Å²) in [6.07, 6.45) is 2.36. The van der Waals surface area contributed by atoms with Gasteiger partial charge in [-0.1, -0.05) is 6.92 Å². The molecular formula is C15H20F2N2O2. The first kappa shape index (κ1) is 15.7. The summed E-state index contributed by atoms with van der Waals surface area (Å²) >= 11 is 0. The lowest BCUT2D eigenvalue weighted by Gasteiger charge is -2.39. The van der Waals surface area contributed by atoms with Crippen molar-refractivity contribution in [3.8, 4) is 5.75 Å². The summed E-state index contributed by atoms with van der Waals surface area (Å²) in [6.45, 7) is 2.53. The van der Waals surface area contributed by atoms with E-state index in [0.717, 1.165) is 25.0 Å². The maximum atomic E-state index is 13.2. The average Bonchev–Trinajstić information content (AvgIpc) is 2.43. The predicted molar refractivity (Wildman–Crippen MR) is 74.8 cm³/mol. The molecule has 3 N–H and O–H groups in total. The Hall–Kier alpha value is -1.69. The number of likely N-dealkylation sites (N-methyl/N-ethyl adjacent to an activating group) is 1. The molecule has 0 heterocycles. The van der Waals surface area contributed by atoms with Crippen LogP contribution in [0.4, 0.5) is 8.78 Å². The predicted octanol–water partition coefficient (Wildman–Crippen LogP) is 2.12. The molecule has 2 atom stereocenters. The molecule has 1 aliphatic rings. The van der Waals surface area contributed by atoms with E-state index in [-0.39, 0.29) is 11.9 Å². The highest BCUT2D eigenvalue weighted by Gasteiger charge is 2.41. The summed E-state index contributed by atoms with van der Waals surface area (Å²) in [4.78, 5) is 11.8. The van der Waals surface area contributed by atoms with Crippen LogP contribution in [0.1, 0.15) is 32.6 Å². The lowest BCUT2D eigenvalue weighted by molar-refractivity contribution is -0.127. The molecule has 6 heteroatoms. The second-order valence-electron chi connectivity index (χ2n) is 5.39. The Kier molecular flexibility index (Phi) is 4.77. The van der Waals surface area contributed by atoms with Crippen LogP contribution in [0.3, 0.4) is 0 Å². The second-order valence-corrected chi connectivity index (χ2v) is 5.39. The molecule has 0 spiro atoms. The second kappa shape index (κ2) is 6.39. The number of nitrogens with one attached hydrogen (secondary N) is 1. The van der Waals surface area contributed by atoms with Crippen molar-refractivity contribution >= 4 is 5.91 Å². The molecule has 2 unspecified atom stereocenters. The molecule has 1 saturated carbocycles. The standard InChI is InChI=1S/C15H20F2N2O2/c1-2-19-15(14(18)20)7-3-4-11(9-15)21-10-5-6-12(16)13(17)8-10/h5-6,8,11,19H,2-4,7,9H2,1H3,(H2,18,20). The molecular weight excluding hydrogens is 278 g/mol. The molecule has 1 amide bonds. The smallest absolute Gasteiger partial charge is 0.237 e. The summed E-state index contributed by atoms with van der Waals surface area (Å²) in [7, 11) is 0. The van der Waals surface area contributed by atoms with E-state index in [9.17, 15) is 13.6 Å².